The van der Waals surface area contributed by atoms with Crippen molar-refractivity contribution in [3.8, 4) is 0 Å². The van der Waals surface area contributed by atoms with Crippen LogP contribution in [0.15, 0.2) is 18.2 Å². The molecule has 1 aromatic rings. The molecule has 1 N–H and O–H groups in total. The molecule has 2 unspecified atom stereocenters. The van der Waals surface area contributed by atoms with Crippen LogP contribution in [-0.4, -0.2) is 36.3 Å². The molecule has 3 rings (SSSR count). The number of amides is 2. The van der Waals surface area contributed by atoms with E-state index in [0.717, 1.165) is 49.4 Å². The van der Waals surface area contributed by atoms with Crippen LogP contribution >= 0.6 is 11.6 Å². The number of halogens is 1. The van der Waals surface area contributed by atoms with Gasteiger partial charge >= 0.3 is 0 Å². The third-order valence-corrected chi connectivity index (χ3v) is 6.82. The monoisotopic (exact) mass is 390 g/mol. The topological polar surface area (TPSA) is 49.4 Å². The highest BCUT2D eigenvalue weighted by atomic mass is 35.5. The van der Waals surface area contributed by atoms with Gasteiger partial charge in [-0.25, -0.2) is 0 Å². The lowest BCUT2D eigenvalue weighted by molar-refractivity contribution is -0.137. The van der Waals surface area contributed by atoms with E-state index < -0.39 is 0 Å². The number of hydrogen-bond donors (Lipinski definition) is 1. The number of benzene rings is 1. The number of carbonyl (C=O) groups excluding carboxylic acids is 2. The lowest BCUT2D eigenvalue weighted by Gasteiger charge is -2.34. The SMILES string of the molecule is CCC[C@H](CNC(=O)CC)C(=O)N1CCC2(c3ccc(C)c(Cl)c3)CC2C1. The van der Waals surface area contributed by atoms with Crippen molar-refractivity contribution < 1.29 is 9.59 Å². The van der Waals surface area contributed by atoms with Gasteiger partial charge in [0, 0.05) is 36.5 Å². The Labute approximate surface area is 167 Å². The highest BCUT2D eigenvalue weighted by Gasteiger charge is 2.58. The second kappa shape index (κ2) is 8.22. The van der Waals surface area contributed by atoms with Crippen molar-refractivity contribution in [2.75, 3.05) is 19.6 Å². The molecular weight excluding hydrogens is 360 g/mol. The van der Waals surface area contributed by atoms with Crippen molar-refractivity contribution in [1.29, 1.82) is 0 Å². The normalized spacial score (nSPS) is 24.9. The highest BCUT2D eigenvalue weighted by molar-refractivity contribution is 6.31. The number of rotatable bonds is 7. The molecule has 0 spiro atoms. The minimum Gasteiger partial charge on any atom is -0.355 e. The van der Waals surface area contributed by atoms with E-state index in [1.807, 2.05) is 18.7 Å². The predicted molar refractivity (Wildman–Crippen MR) is 109 cm³/mol. The second-order valence-corrected chi connectivity index (χ2v) is 8.61. The van der Waals surface area contributed by atoms with Crippen molar-refractivity contribution in [3.63, 3.8) is 0 Å². The Morgan fingerprint density at radius 3 is 2.78 bits per heavy atom. The quantitative estimate of drug-likeness (QED) is 0.762. The van der Waals surface area contributed by atoms with Gasteiger partial charge in [-0.3, -0.25) is 9.59 Å². The second-order valence-electron chi connectivity index (χ2n) is 8.20. The smallest absolute Gasteiger partial charge is 0.227 e. The Balaban J connectivity index is 1.63. The average molecular weight is 391 g/mol. The molecule has 1 saturated heterocycles. The van der Waals surface area contributed by atoms with E-state index >= 15 is 0 Å². The van der Waals surface area contributed by atoms with Crippen LogP contribution in [-0.2, 0) is 15.0 Å². The summed E-state index contributed by atoms with van der Waals surface area (Å²) < 4.78 is 0. The summed E-state index contributed by atoms with van der Waals surface area (Å²) in [5.74, 6) is 0.641. The Hall–Kier alpha value is -1.55. The van der Waals surface area contributed by atoms with Gasteiger partial charge in [-0.15, -0.1) is 0 Å². The molecule has 2 fully saturated rings. The fourth-order valence-electron chi connectivity index (χ4n) is 4.50. The number of hydrogen-bond acceptors (Lipinski definition) is 2. The zero-order valence-corrected chi connectivity index (χ0v) is 17.4. The lowest BCUT2D eigenvalue weighted by Crippen LogP contribution is -2.46. The predicted octanol–water partition coefficient (Wildman–Crippen LogP) is 4.08. The third-order valence-electron chi connectivity index (χ3n) is 6.41. The van der Waals surface area contributed by atoms with Gasteiger partial charge in [0.2, 0.25) is 11.8 Å². The number of piperidine rings is 1. The molecule has 148 valence electrons. The van der Waals surface area contributed by atoms with E-state index in [1.54, 1.807) is 0 Å². The molecule has 0 bridgehead atoms. The maximum atomic E-state index is 13.0. The van der Waals surface area contributed by atoms with E-state index in [4.69, 9.17) is 11.6 Å². The van der Waals surface area contributed by atoms with E-state index in [2.05, 4.69) is 30.4 Å². The third kappa shape index (κ3) is 4.16. The van der Waals surface area contributed by atoms with Gasteiger partial charge < -0.3 is 10.2 Å². The maximum Gasteiger partial charge on any atom is 0.227 e. The highest BCUT2D eigenvalue weighted by Crippen LogP contribution is 2.59. The van der Waals surface area contributed by atoms with Gasteiger partial charge in [-0.2, -0.15) is 0 Å². The van der Waals surface area contributed by atoms with Gasteiger partial charge in [-0.05, 0) is 49.3 Å². The lowest BCUT2D eigenvalue weighted by atomic mass is 9.86. The summed E-state index contributed by atoms with van der Waals surface area (Å²) in [7, 11) is 0. The molecule has 1 aromatic carbocycles. The van der Waals surface area contributed by atoms with Gasteiger partial charge in [0.15, 0.2) is 0 Å². The summed E-state index contributed by atoms with van der Waals surface area (Å²) in [6.45, 7) is 8.03. The Bertz CT molecular complexity index is 720. The number of aryl methyl sites for hydroxylation is 1. The molecule has 0 radical (unpaired) electrons. The Kier molecular flexibility index (Phi) is 6.15. The molecule has 1 aliphatic carbocycles. The maximum absolute atomic E-state index is 13.0. The molecule has 1 saturated carbocycles. The van der Waals surface area contributed by atoms with Crippen LogP contribution in [0, 0.1) is 18.8 Å². The van der Waals surface area contributed by atoms with Gasteiger partial charge in [0.05, 0.1) is 5.92 Å². The molecule has 5 heteroatoms. The molecular formula is C22H31ClN2O2. The first-order chi connectivity index (χ1) is 12.9. The van der Waals surface area contributed by atoms with Crippen LogP contribution in [0.25, 0.3) is 0 Å². The standard InChI is InChI=1S/C22H31ClN2O2/c1-4-6-16(13-24-20(26)5-2)21(27)25-10-9-22(12-18(22)14-25)17-8-7-15(3)19(23)11-17/h7-8,11,16,18H,4-6,9-10,12-14H2,1-3H3,(H,24,26)/t16-,18?,22?/m1/s1. The largest absolute Gasteiger partial charge is 0.355 e. The number of likely N-dealkylation sites (tertiary alicyclic amines) is 1. The average Bonchev–Trinajstić information content (AvgIpc) is 3.41. The van der Waals surface area contributed by atoms with Crippen LogP contribution in [0.1, 0.15) is 57.1 Å². The molecule has 2 aliphatic rings. The number of nitrogens with one attached hydrogen (secondary N) is 1. The molecule has 1 aliphatic heterocycles. The first-order valence-electron chi connectivity index (χ1n) is 10.2. The number of nitrogens with zero attached hydrogens (tertiary/aromatic N) is 1. The summed E-state index contributed by atoms with van der Waals surface area (Å²) in [5, 5.41) is 3.74. The van der Waals surface area contributed by atoms with Gasteiger partial charge in [0.1, 0.15) is 0 Å². The fraction of sp³-hybridized carbons (Fsp3) is 0.636. The summed E-state index contributed by atoms with van der Waals surface area (Å²) in [4.78, 5) is 26.7. The van der Waals surface area contributed by atoms with E-state index in [-0.39, 0.29) is 23.1 Å². The number of fused-ring (bicyclic) bond motifs is 1. The van der Waals surface area contributed by atoms with Crippen LogP contribution in [0.4, 0.5) is 0 Å². The first-order valence-corrected chi connectivity index (χ1v) is 10.6. The van der Waals surface area contributed by atoms with E-state index in [9.17, 15) is 9.59 Å². The van der Waals surface area contributed by atoms with Crippen molar-refractivity contribution in [3.05, 3.63) is 34.3 Å². The van der Waals surface area contributed by atoms with Crippen molar-refractivity contribution in [1.82, 2.24) is 10.2 Å². The number of carbonyl (C=O) groups is 2. The van der Waals surface area contributed by atoms with Crippen LogP contribution in [0.2, 0.25) is 5.02 Å². The molecule has 1 heterocycles. The van der Waals surface area contributed by atoms with Crippen molar-refractivity contribution in [2.24, 2.45) is 11.8 Å². The Morgan fingerprint density at radius 1 is 1.37 bits per heavy atom. The molecule has 4 nitrogen and oxygen atoms in total. The van der Waals surface area contributed by atoms with Crippen LogP contribution in [0.5, 0.6) is 0 Å². The first kappa shape index (κ1) is 20.2. The summed E-state index contributed by atoms with van der Waals surface area (Å²) in [6.07, 6.45) is 4.37. The summed E-state index contributed by atoms with van der Waals surface area (Å²) >= 11 is 6.34. The van der Waals surface area contributed by atoms with Gasteiger partial charge in [0.25, 0.3) is 0 Å². The van der Waals surface area contributed by atoms with Crippen LogP contribution in [0.3, 0.4) is 0 Å². The minimum absolute atomic E-state index is 0.0139. The van der Waals surface area contributed by atoms with Crippen molar-refractivity contribution >= 4 is 23.4 Å². The summed E-state index contributed by atoms with van der Waals surface area (Å²) in [6, 6.07) is 6.43. The Morgan fingerprint density at radius 2 is 2.15 bits per heavy atom. The zero-order valence-electron chi connectivity index (χ0n) is 16.7. The molecule has 27 heavy (non-hydrogen) atoms. The molecule has 0 aromatic heterocycles. The van der Waals surface area contributed by atoms with Crippen LogP contribution < -0.4 is 5.32 Å². The fourth-order valence-corrected chi connectivity index (χ4v) is 4.68. The van der Waals surface area contributed by atoms with E-state index in [0.29, 0.717) is 18.9 Å². The molecule has 2 amide bonds. The van der Waals surface area contributed by atoms with Gasteiger partial charge in [-0.1, -0.05) is 44.0 Å². The molecule has 3 atom stereocenters. The zero-order chi connectivity index (χ0) is 19.6. The van der Waals surface area contributed by atoms with E-state index in [1.165, 1.54) is 5.56 Å². The van der Waals surface area contributed by atoms with Crippen molar-refractivity contribution in [2.45, 2.75) is 58.3 Å². The summed E-state index contributed by atoms with van der Waals surface area (Å²) in [5.41, 5.74) is 2.65. The minimum atomic E-state index is -0.106.